The fourth-order valence-electron chi connectivity index (χ4n) is 2.36. The number of hydrogen-bond donors (Lipinski definition) is 0. The molecule has 1 aromatic carbocycles. The molecule has 3 rings (SSSR count). The lowest BCUT2D eigenvalue weighted by molar-refractivity contribution is 0.0918. The van der Waals surface area contributed by atoms with Gasteiger partial charge in [0.15, 0.2) is 12.4 Å². The fraction of sp³-hybridized carbons (Fsp3) is 0.353. The number of carbonyl (C=O) groups is 1. The van der Waals surface area contributed by atoms with Crippen LogP contribution in [0.25, 0.3) is 0 Å². The number of carbonyl (C=O) groups excluding carboxylic acids is 1. The van der Waals surface area contributed by atoms with Gasteiger partial charge in [-0.25, -0.2) is 4.98 Å². The molecule has 7 heteroatoms. The van der Waals surface area contributed by atoms with Crippen molar-refractivity contribution in [2.45, 2.75) is 6.92 Å². The second-order valence-electron chi connectivity index (χ2n) is 5.47. The summed E-state index contributed by atoms with van der Waals surface area (Å²) < 4.78 is 10.9. The Hall–Kier alpha value is -2.18. The van der Waals surface area contributed by atoms with E-state index in [0.29, 0.717) is 35.6 Å². The van der Waals surface area contributed by atoms with E-state index in [0.717, 1.165) is 18.8 Å². The highest BCUT2D eigenvalue weighted by Gasteiger charge is 2.16. The van der Waals surface area contributed by atoms with Crippen LogP contribution in [0.3, 0.4) is 0 Å². The van der Waals surface area contributed by atoms with Crippen molar-refractivity contribution < 1.29 is 14.3 Å². The van der Waals surface area contributed by atoms with Gasteiger partial charge in [0.1, 0.15) is 0 Å². The number of ketones is 1. The highest BCUT2D eigenvalue weighted by atomic mass is 35.5. The van der Waals surface area contributed by atoms with E-state index in [2.05, 4.69) is 9.97 Å². The summed E-state index contributed by atoms with van der Waals surface area (Å²) in [6.45, 7) is 4.59. The van der Waals surface area contributed by atoms with Gasteiger partial charge in [-0.3, -0.25) is 4.79 Å². The number of ether oxygens (including phenoxy) is 2. The van der Waals surface area contributed by atoms with Gasteiger partial charge < -0.3 is 14.4 Å². The van der Waals surface area contributed by atoms with Crippen molar-refractivity contribution in [1.82, 2.24) is 9.97 Å². The van der Waals surface area contributed by atoms with Crippen LogP contribution < -0.4 is 9.64 Å². The topological polar surface area (TPSA) is 64.5 Å². The van der Waals surface area contributed by atoms with Crippen LogP contribution in [0.4, 0.5) is 5.95 Å². The first-order valence-electron chi connectivity index (χ1n) is 7.72. The summed E-state index contributed by atoms with van der Waals surface area (Å²) in [5.41, 5.74) is 1.35. The third kappa shape index (κ3) is 4.21. The first-order chi connectivity index (χ1) is 11.6. The van der Waals surface area contributed by atoms with E-state index >= 15 is 0 Å². The maximum Gasteiger partial charge on any atom is 0.229 e. The summed E-state index contributed by atoms with van der Waals surface area (Å²) >= 11 is 5.82. The van der Waals surface area contributed by atoms with Gasteiger partial charge in [-0.2, -0.15) is 4.98 Å². The fourth-order valence-corrected chi connectivity index (χ4v) is 2.49. The van der Waals surface area contributed by atoms with E-state index in [1.807, 2.05) is 11.8 Å². The number of Topliss-reactive ketones (excluding diaryl/α,β-unsaturated/α-hetero) is 1. The van der Waals surface area contributed by atoms with Crippen LogP contribution in [-0.2, 0) is 4.74 Å². The molecule has 0 amide bonds. The maximum atomic E-state index is 12.2. The zero-order chi connectivity index (χ0) is 16.9. The summed E-state index contributed by atoms with van der Waals surface area (Å²) in [7, 11) is 0. The minimum atomic E-state index is -0.129. The van der Waals surface area contributed by atoms with Crippen molar-refractivity contribution in [3.05, 3.63) is 46.6 Å². The minimum absolute atomic E-state index is 0.0827. The monoisotopic (exact) mass is 347 g/mol. The zero-order valence-corrected chi connectivity index (χ0v) is 14.1. The summed E-state index contributed by atoms with van der Waals surface area (Å²) in [6.07, 6.45) is 0. The van der Waals surface area contributed by atoms with Crippen LogP contribution in [0.2, 0.25) is 5.02 Å². The first-order valence-corrected chi connectivity index (χ1v) is 8.09. The molecule has 0 atom stereocenters. The molecule has 1 aliphatic heterocycles. The van der Waals surface area contributed by atoms with E-state index in [9.17, 15) is 4.79 Å². The zero-order valence-electron chi connectivity index (χ0n) is 13.4. The van der Waals surface area contributed by atoms with Gasteiger partial charge >= 0.3 is 0 Å². The van der Waals surface area contributed by atoms with Crippen molar-refractivity contribution in [2.24, 2.45) is 0 Å². The Morgan fingerprint density at radius 1 is 1.25 bits per heavy atom. The van der Waals surface area contributed by atoms with Gasteiger partial charge in [0.2, 0.25) is 11.8 Å². The van der Waals surface area contributed by atoms with Gasteiger partial charge in [0, 0.05) is 35.4 Å². The number of rotatable bonds is 5. The maximum absolute atomic E-state index is 12.2. The van der Waals surface area contributed by atoms with Crippen molar-refractivity contribution in [3.63, 3.8) is 0 Å². The van der Waals surface area contributed by atoms with Crippen LogP contribution in [-0.4, -0.2) is 48.7 Å². The lowest BCUT2D eigenvalue weighted by Gasteiger charge is -2.27. The van der Waals surface area contributed by atoms with Crippen LogP contribution in [0, 0.1) is 6.92 Å². The molecule has 0 bridgehead atoms. The molecular formula is C17H18ClN3O3. The average molecular weight is 348 g/mol. The van der Waals surface area contributed by atoms with E-state index < -0.39 is 0 Å². The molecule has 1 aromatic heterocycles. The molecule has 0 N–H and O–H groups in total. The predicted octanol–water partition coefficient (Wildman–Crippen LogP) is 2.54. The Labute approximate surface area is 145 Å². The Balaban J connectivity index is 1.67. The Morgan fingerprint density at radius 3 is 2.67 bits per heavy atom. The molecule has 2 aromatic rings. The van der Waals surface area contributed by atoms with Gasteiger partial charge in [0.05, 0.1) is 13.2 Å². The quantitative estimate of drug-likeness (QED) is 0.774. The summed E-state index contributed by atoms with van der Waals surface area (Å²) in [5, 5.41) is 0.592. The largest absolute Gasteiger partial charge is 0.469 e. The average Bonchev–Trinajstić information content (AvgIpc) is 2.60. The van der Waals surface area contributed by atoms with E-state index in [4.69, 9.17) is 21.1 Å². The lowest BCUT2D eigenvalue weighted by Crippen LogP contribution is -2.37. The molecular weight excluding hydrogens is 330 g/mol. The van der Waals surface area contributed by atoms with Crippen molar-refractivity contribution >= 4 is 23.3 Å². The third-order valence-electron chi connectivity index (χ3n) is 3.63. The molecule has 126 valence electrons. The molecule has 6 nitrogen and oxygen atoms in total. The van der Waals surface area contributed by atoms with Crippen molar-refractivity contribution in [2.75, 3.05) is 37.8 Å². The third-order valence-corrected chi connectivity index (χ3v) is 3.88. The second kappa shape index (κ2) is 7.59. The van der Waals surface area contributed by atoms with E-state index in [1.54, 1.807) is 30.3 Å². The SMILES string of the molecule is Cc1cc(OCC(=O)c2ccc(Cl)cc2)nc(N2CCOCC2)n1. The first kappa shape index (κ1) is 16.7. The van der Waals surface area contributed by atoms with Gasteiger partial charge in [0.25, 0.3) is 0 Å². The van der Waals surface area contributed by atoms with Gasteiger partial charge in [-0.05, 0) is 31.2 Å². The number of nitrogens with zero attached hydrogens (tertiary/aromatic N) is 3. The van der Waals surface area contributed by atoms with Crippen LogP contribution in [0.15, 0.2) is 30.3 Å². The van der Waals surface area contributed by atoms with E-state index in [-0.39, 0.29) is 12.4 Å². The molecule has 0 unspecified atom stereocenters. The molecule has 24 heavy (non-hydrogen) atoms. The second-order valence-corrected chi connectivity index (χ2v) is 5.90. The minimum Gasteiger partial charge on any atom is -0.469 e. The molecule has 0 saturated carbocycles. The predicted molar refractivity (Wildman–Crippen MR) is 91.1 cm³/mol. The number of anilines is 1. The molecule has 0 aliphatic carbocycles. The molecule has 2 heterocycles. The van der Waals surface area contributed by atoms with Crippen molar-refractivity contribution in [3.8, 4) is 5.88 Å². The van der Waals surface area contributed by atoms with Gasteiger partial charge in [-0.15, -0.1) is 0 Å². The number of aromatic nitrogens is 2. The van der Waals surface area contributed by atoms with Crippen molar-refractivity contribution in [1.29, 1.82) is 0 Å². The number of hydrogen-bond acceptors (Lipinski definition) is 6. The normalized spacial score (nSPS) is 14.5. The molecule has 1 aliphatic rings. The Bertz CT molecular complexity index is 716. The number of halogens is 1. The van der Waals surface area contributed by atoms with Crippen LogP contribution in [0.5, 0.6) is 5.88 Å². The number of benzene rings is 1. The molecule has 1 fully saturated rings. The van der Waals surface area contributed by atoms with E-state index in [1.165, 1.54) is 0 Å². The lowest BCUT2D eigenvalue weighted by atomic mass is 10.1. The summed E-state index contributed by atoms with van der Waals surface area (Å²) in [5.74, 6) is 0.870. The molecule has 1 saturated heterocycles. The number of aryl methyl sites for hydroxylation is 1. The summed E-state index contributed by atoms with van der Waals surface area (Å²) in [6, 6.07) is 8.44. The van der Waals surface area contributed by atoms with Crippen LogP contribution in [0.1, 0.15) is 16.1 Å². The number of morpholine rings is 1. The Morgan fingerprint density at radius 2 is 1.96 bits per heavy atom. The standard InChI is InChI=1S/C17H18ClN3O3/c1-12-10-16(20-17(19-12)21-6-8-23-9-7-21)24-11-15(22)13-2-4-14(18)5-3-13/h2-5,10H,6-9,11H2,1H3. The van der Waals surface area contributed by atoms with Gasteiger partial charge in [-0.1, -0.05) is 11.6 Å². The smallest absolute Gasteiger partial charge is 0.229 e. The summed E-state index contributed by atoms with van der Waals surface area (Å²) in [4.78, 5) is 23.0. The highest BCUT2D eigenvalue weighted by Crippen LogP contribution is 2.17. The highest BCUT2D eigenvalue weighted by molar-refractivity contribution is 6.30. The Kier molecular flexibility index (Phi) is 5.27. The molecule has 0 radical (unpaired) electrons. The molecule has 0 spiro atoms. The van der Waals surface area contributed by atoms with Crippen LogP contribution >= 0.6 is 11.6 Å².